The van der Waals surface area contributed by atoms with E-state index in [1.54, 1.807) is 17.8 Å². The molecule has 1 aliphatic heterocycles. The van der Waals surface area contributed by atoms with Crippen LogP contribution >= 0.6 is 11.8 Å². The molecule has 3 rings (SSSR count). The molecule has 1 heterocycles. The molecule has 0 fully saturated rings. The number of thioether (sulfide) groups is 1. The second-order valence-corrected chi connectivity index (χ2v) is 5.88. The second kappa shape index (κ2) is 6.62. The summed E-state index contributed by atoms with van der Waals surface area (Å²) in [5, 5.41) is 4.29. The van der Waals surface area contributed by atoms with Crippen LogP contribution in [0.5, 0.6) is 0 Å². The third-order valence-corrected chi connectivity index (χ3v) is 4.24. The number of nitrogens with zero attached hydrogens (tertiary/aromatic N) is 2. The number of nitrogens with two attached hydrogens (primary N) is 1. The lowest BCUT2D eigenvalue weighted by Gasteiger charge is -2.17. The molecule has 0 bridgehead atoms. The average molecular weight is 314 g/mol. The van der Waals surface area contributed by atoms with E-state index in [1.807, 2.05) is 30.3 Å². The Balaban J connectivity index is 1.79. The van der Waals surface area contributed by atoms with Crippen LogP contribution in [0.15, 0.2) is 63.5 Å². The van der Waals surface area contributed by atoms with Crippen molar-refractivity contribution in [3.8, 4) is 0 Å². The Morgan fingerprint density at radius 2 is 2.00 bits per heavy atom. The van der Waals surface area contributed by atoms with Crippen molar-refractivity contribution in [1.29, 1.82) is 0 Å². The lowest BCUT2D eigenvalue weighted by molar-refractivity contribution is 0.626. The van der Waals surface area contributed by atoms with Gasteiger partial charge < -0.3 is 5.73 Å². The molecule has 2 aromatic rings. The number of hydrogen-bond donors (Lipinski definition) is 2. The quantitative estimate of drug-likeness (QED) is 0.508. The minimum absolute atomic E-state index is 0.204. The van der Waals surface area contributed by atoms with Gasteiger partial charge in [0.05, 0.1) is 11.4 Å². The van der Waals surface area contributed by atoms with Crippen molar-refractivity contribution in [2.45, 2.75) is 11.3 Å². The minimum atomic E-state index is -0.264. The van der Waals surface area contributed by atoms with E-state index in [4.69, 9.17) is 5.73 Å². The summed E-state index contributed by atoms with van der Waals surface area (Å²) in [6.45, 7) is 0. The highest BCUT2D eigenvalue weighted by Gasteiger charge is 2.16. The third kappa shape index (κ3) is 3.46. The number of nitrogens with one attached hydrogen (secondary N) is 1. The summed E-state index contributed by atoms with van der Waals surface area (Å²) < 4.78 is 13.4. The summed E-state index contributed by atoms with van der Waals surface area (Å²) in [7, 11) is 0. The predicted molar refractivity (Wildman–Crippen MR) is 89.1 cm³/mol. The first-order valence-corrected chi connectivity index (χ1v) is 7.85. The van der Waals surface area contributed by atoms with Gasteiger partial charge in [0.1, 0.15) is 5.82 Å². The molecule has 0 spiro atoms. The molecule has 0 aromatic heterocycles. The number of hydrogen-bond acceptors (Lipinski definition) is 3. The predicted octanol–water partition coefficient (Wildman–Crippen LogP) is 3.26. The van der Waals surface area contributed by atoms with Crippen LogP contribution in [-0.4, -0.2) is 17.4 Å². The Kier molecular flexibility index (Phi) is 4.39. The molecule has 0 radical (unpaired) electrons. The van der Waals surface area contributed by atoms with Gasteiger partial charge in [-0.3, -0.25) is 0 Å². The SMILES string of the molecule is NC(=Nc1ccccc1)N/N=C1\CCSc2ccc(F)cc21. The van der Waals surface area contributed by atoms with Gasteiger partial charge in [-0.15, -0.1) is 11.8 Å². The Hall–Kier alpha value is -2.34. The number of rotatable bonds is 2. The lowest BCUT2D eigenvalue weighted by atomic mass is 10.1. The van der Waals surface area contributed by atoms with E-state index in [0.29, 0.717) is 0 Å². The van der Waals surface area contributed by atoms with Crippen LogP contribution in [0.3, 0.4) is 0 Å². The van der Waals surface area contributed by atoms with E-state index in [2.05, 4.69) is 15.5 Å². The van der Waals surface area contributed by atoms with Gasteiger partial charge in [-0.05, 0) is 30.3 Å². The van der Waals surface area contributed by atoms with Crippen molar-refractivity contribution in [2.75, 3.05) is 5.75 Å². The molecular weight excluding hydrogens is 299 g/mol. The normalized spacial score (nSPS) is 16.4. The van der Waals surface area contributed by atoms with E-state index in [-0.39, 0.29) is 11.8 Å². The fourth-order valence-electron chi connectivity index (χ4n) is 2.15. The summed E-state index contributed by atoms with van der Waals surface area (Å²) in [6, 6.07) is 14.1. The Labute approximate surface area is 132 Å². The van der Waals surface area contributed by atoms with Gasteiger partial charge in [0.25, 0.3) is 0 Å². The first kappa shape index (κ1) is 14.6. The summed E-state index contributed by atoms with van der Waals surface area (Å²) >= 11 is 1.70. The molecule has 2 aromatic carbocycles. The van der Waals surface area contributed by atoms with E-state index in [1.165, 1.54) is 12.1 Å². The highest BCUT2D eigenvalue weighted by Crippen LogP contribution is 2.30. The van der Waals surface area contributed by atoms with Gasteiger partial charge in [0, 0.05) is 22.6 Å². The van der Waals surface area contributed by atoms with Crippen molar-refractivity contribution < 1.29 is 4.39 Å². The molecule has 0 unspecified atom stereocenters. The zero-order chi connectivity index (χ0) is 15.4. The van der Waals surface area contributed by atoms with Crippen LogP contribution < -0.4 is 11.2 Å². The van der Waals surface area contributed by atoms with Gasteiger partial charge >= 0.3 is 0 Å². The number of guanidine groups is 1. The molecular formula is C16H15FN4S. The van der Waals surface area contributed by atoms with Gasteiger partial charge in [-0.1, -0.05) is 18.2 Å². The molecule has 1 aliphatic rings. The zero-order valence-corrected chi connectivity index (χ0v) is 12.6. The molecule has 4 nitrogen and oxygen atoms in total. The number of para-hydroxylation sites is 1. The molecule has 0 saturated carbocycles. The molecule has 0 amide bonds. The number of fused-ring (bicyclic) bond motifs is 1. The fraction of sp³-hybridized carbons (Fsp3) is 0.125. The van der Waals surface area contributed by atoms with Crippen LogP contribution in [0, 0.1) is 5.82 Å². The smallest absolute Gasteiger partial charge is 0.214 e. The molecule has 6 heteroatoms. The van der Waals surface area contributed by atoms with E-state index in [0.717, 1.165) is 34.0 Å². The molecule has 0 saturated heterocycles. The molecule has 22 heavy (non-hydrogen) atoms. The van der Waals surface area contributed by atoms with Crippen molar-refractivity contribution in [3.05, 3.63) is 59.9 Å². The highest BCUT2D eigenvalue weighted by atomic mass is 32.2. The molecule has 112 valence electrons. The number of benzene rings is 2. The fourth-order valence-corrected chi connectivity index (χ4v) is 3.17. The largest absolute Gasteiger partial charge is 0.368 e. The maximum absolute atomic E-state index is 13.4. The Morgan fingerprint density at radius 3 is 2.82 bits per heavy atom. The van der Waals surface area contributed by atoms with Gasteiger partial charge in [-0.2, -0.15) is 5.10 Å². The second-order valence-electron chi connectivity index (χ2n) is 4.74. The average Bonchev–Trinajstić information content (AvgIpc) is 2.54. The topological polar surface area (TPSA) is 62.8 Å². The van der Waals surface area contributed by atoms with Crippen molar-refractivity contribution >= 4 is 29.1 Å². The summed E-state index contributed by atoms with van der Waals surface area (Å²) in [5.74, 6) is 0.851. The van der Waals surface area contributed by atoms with Crippen LogP contribution in [0.2, 0.25) is 0 Å². The number of aliphatic imine (C=N–C) groups is 1. The monoisotopic (exact) mass is 314 g/mol. The first-order chi connectivity index (χ1) is 10.7. The van der Waals surface area contributed by atoms with Crippen LogP contribution in [-0.2, 0) is 0 Å². The van der Waals surface area contributed by atoms with Gasteiger partial charge in [0.2, 0.25) is 5.96 Å². The lowest BCUT2D eigenvalue weighted by Crippen LogP contribution is -2.28. The van der Waals surface area contributed by atoms with Crippen LogP contribution in [0.4, 0.5) is 10.1 Å². The van der Waals surface area contributed by atoms with Gasteiger partial charge in [0.15, 0.2) is 0 Å². The van der Waals surface area contributed by atoms with Crippen LogP contribution in [0.25, 0.3) is 0 Å². The maximum atomic E-state index is 13.4. The Bertz CT molecular complexity index is 728. The molecule has 0 aliphatic carbocycles. The van der Waals surface area contributed by atoms with Crippen LogP contribution in [0.1, 0.15) is 12.0 Å². The summed E-state index contributed by atoms with van der Waals surface area (Å²) in [4.78, 5) is 5.25. The Morgan fingerprint density at radius 1 is 1.18 bits per heavy atom. The minimum Gasteiger partial charge on any atom is -0.368 e. The standard InChI is InChI=1S/C16H15FN4S/c17-11-6-7-15-13(10-11)14(8-9-22-15)20-21-16(18)19-12-4-2-1-3-5-12/h1-7,10H,8-9H2,(H3,18,19,21)/b20-14+. The number of hydrazone groups is 1. The van der Waals surface area contributed by atoms with E-state index in [9.17, 15) is 4.39 Å². The summed E-state index contributed by atoms with van der Waals surface area (Å²) in [6.07, 6.45) is 0.757. The van der Waals surface area contributed by atoms with Gasteiger partial charge in [-0.25, -0.2) is 14.8 Å². The third-order valence-electron chi connectivity index (χ3n) is 3.16. The highest BCUT2D eigenvalue weighted by molar-refractivity contribution is 7.99. The first-order valence-electron chi connectivity index (χ1n) is 6.87. The van der Waals surface area contributed by atoms with Crippen molar-refractivity contribution in [1.82, 2.24) is 5.43 Å². The van der Waals surface area contributed by atoms with Crippen molar-refractivity contribution in [3.63, 3.8) is 0 Å². The van der Waals surface area contributed by atoms with E-state index >= 15 is 0 Å². The molecule has 3 N–H and O–H groups in total. The molecule has 0 atom stereocenters. The van der Waals surface area contributed by atoms with E-state index < -0.39 is 0 Å². The summed E-state index contributed by atoms with van der Waals surface area (Å²) in [5.41, 5.74) is 10.9. The van der Waals surface area contributed by atoms with Crippen molar-refractivity contribution in [2.24, 2.45) is 15.8 Å². The number of halogens is 1. The maximum Gasteiger partial charge on any atom is 0.214 e. The zero-order valence-electron chi connectivity index (χ0n) is 11.8.